The molecular formula is C12H26N2OS. The third-order valence-corrected chi connectivity index (χ3v) is 3.96. The molecule has 4 heteroatoms. The monoisotopic (exact) mass is 246 g/mol. The summed E-state index contributed by atoms with van der Waals surface area (Å²) in [6.45, 7) is 6.87. The molecule has 1 saturated heterocycles. The van der Waals surface area contributed by atoms with Gasteiger partial charge in [-0.25, -0.2) is 0 Å². The van der Waals surface area contributed by atoms with Crippen LogP contribution in [0.1, 0.15) is 32.6 Å². The maximum absolute atomic E-state index is 11.0. The van der Waals surface area contributed by atoms with Crippen molar-refractivity contribution >= 4 is 10.8 Å². The summed E-state index contributed by atoms with van der Waals surface area (Å²) < 4.78 is 11.0. The van der Waals surface area contributed by atoms with Crippen LogP contribution in [0.15, 0.2) is 0 Å². The highest BCUT2D eigenvalue weighted by molar-refractivity contribution is 7.84. The Balaban J connectivity index is 2.17. The van der Waals surface area contributed by atoms with Gasteiger partial charge in [0, 0.05) is 35.4 Å². The summed E-state index contributed by atoms with van der Waals surface area (Å²) in [5.41, 5.74) is 0. The van der Waals surface area contributed by atoms with Crippen LogP contribution in [0.25, 0.3) is 0 Å². The Morgan fingerprint density at radius 3 is 2.88 bits per heavy atom. The van der Waals surface area contributed by atoms with Crippen LogP contribution < -0.4 is 5.32 Å². The third kappa shape index (κ3) is 5.97. The number of nitrogens with zero attached hydrogens (tertiary/aromatic N) is 1. The predicted molar refractivity (Wildman–Crippen MR) is 71.3 cm³/mol. The van der Waals surface area contributed by atoms with Crippen molar-refractivity contribution in [3.63, 3.8) is 0 Å². The average Bonchev–Trinajstić information content (AvgIpc) is 2.44. The molecule has 0 saturated carbocycles. The molecule has 0 amide bonds. The average molecular weight is 246 g/mol. The topological polar surface area (TPSA) is 32.3 Å². The van der Waals surface area contributed by atoms with Crippen molar-refractivity contribution in [1.29, 1.82) is 0 Å². The van der Waals surface area contributed by atoms with Gasteiger partial charge in [-0.05, 0) is 45.3 Å². The Morgan fingerprint density at radius 1 is 1.38 bits per heavy atom. The van der Waals surface area contributed by atoms with E-state index in [0.717, 1.165) is 12.3 Å². The predicted octanol–water partition coefficient (Wildman–Crippen LogP) is 1.22. The minimum Gasteiger partial charge on any atom is -0.313 e. The van der Waals surface area contributed by atoms with E-state index in [-0.39, 0.29) is 0 Å². The van der Waals surface area contributed by atoms with Gasteiger partial charge >= 0.3 is 0 Å². The summed E-state index contributed by atoms with van der Waals surface area (Å²) >= 11 is 0. The highest BCUT2D eigenvalue weighted by Crippen LogP contribution is 2.11. The number of hydrogen-bond acceptors (Lipinski definition) is 3. The van der Waals surface area contributed by atoms with E-state index >= 15 is 0 Å². The zero-order chi connectivity index (χ0) is 11.8. The van der Waals surface area contributed by atoms with Crippen molar-refractivity contribution in [1.82, 2.24) is 10.2 Å². The van der Waals surface area contributed by atoms with Gasteiger partial charge in [0.1, 0.15) is 0 Å². The molecule has 1 aliphatic rings. The van der Waals surface area contributed by atoms with Gasteiger partial charge in [-0.1, -0.05) is 6.92 Å². The van der Waals surface area contributed by atoms with Gasteiger partial charge in [0.05, 0.1) is 0 Å². The molecule has 0 radical (unpaired) electrons. The van der Waals surface area contributed by atoms with Crippen LogP contribution in [0.2, 0.25) is 0 Å². The molecule has 3 nitrogen and oxygen atoms in total. The molecule has 0 aliphatic carbocycles. The highest BCUT2D eigenvalue weighted by Gasteiger charge is 2.15. The van der Waals surface area contributed by atoms with Crippen molar-refractivity contribution in [3.05, 3.63) is 0 Å². The van der Waals surface area contributed by atoms with Crippen LogP contribution in [-0.4, -0.2) is 53.3 Å². The molecule has 1 fully saturated rings. The number of rotatable bonds is 6. The van der Waals surface area contributed by atoms with E-state index in [1.807, 2.05) is 0 Å². The summed E-state index contributed by atoms with van der Waals surface area (Å²) in [5.74, 6) is 0.787. The van der Waals surface area contributed by atoms with Gasteiger partial charge in [0.15, 0.2) is 0 Å². The largest absolute Gasteiger partial charge is 0.313 e. The Bertz CT molecular complexity index is 211. The van der Waals surface area contributed by atoms with Gasteiger partial charge < -0.3 is 10.2 Å². The molecule has 0 aromatic carbocycles. The molecule has 16 heavy (non-hydrogen) atoms. The normalized spacial score (nSPS) is 25.2. The lowest BCUT2D eigenvalue weighted by Gasteiger charge is -2.19. The number of hydrogen-bond donors (Lipinski definition) is 1. The van der Waals surface area contributed by atoms with E-state index in [1.54, 1.807) is 6.26 Å². The summed E-state index contributed by atoms with van der Waals surface area (Å²) in [7, 11) is -0.657. The molecule has 1 heterocycles. The zero-order valence-corrected chi connectivity index (χ0v) is 11.5. The fraction of sp³-hybridized carbons (Fsp3) is 1.00. The molecule has 0 aromatic rings. The van der Waals surface area contributed by atoms with E-state index < -0.39 is 10.8 Å². The van der Waals surface area contributed by atoms with Crippen molar-refractivity contribution in [2.75, 3.05) is 38.2 Å². The van der Waals surface area contributed by atoms with Gasteiger partial charge in [-0.15, -0.1) is 0 Å². The fourth-order valence-corrected chi connectivity index (χ4v) is 2.71. The molecule has 0 aromatic heterocycles. The van der Waals surface area contributed by atoms with E-state index in [1.165, 1.54) is 45.3 Å². The maximum atomic E-state index is 11.0. The Labute approximate surface area is 102 Å². The molecule has 2 atom stereocenters. The number of nitrogens with one attached hydrogen (secondary N) is 1. The quantitative estimate of drug-likeness (QED) is 0.765. The lowest BCUT2D eigenvalue weighted by Crippen LogP contribution is -2.33. The fourth-order valence-electron chi connectivity index (χ4n) is 2.31. The van der Waals surface area contributed by atoms with E-state index in [2.05, 4.69) is 17.1 Å². The van der Waals surface area contributed by atoms with Crippen LogP contribution in [-0.2, 0) is 10.8 Å². The van der Waals surface area contributed by atoms with E-state index in [9.17, 15) is 4.21 Å². The molecule has 1 N–H and O–H groups in total. The minimum absolute atomic E-state index is 0.644. The highest BCUT2D eigenvalue weighted by atomic mass is 32.2. The zero-order valence-electron chi connectivity index (χ0n) is 10.7. The lowest BCUT2D eigenvalue weighted by molar-refractivity contribution is 0.283. The summed E-state index contributed by atoms with van der Waals surface area (Å²) in [4.78, 5) is 2.57. The van der Waals surface area contributed by atoms with Gasteiger partial charge in [0.2, 0.25) is 0 Å². The number of likely N-dealkylation sites (tertiary alicyclic amines) is 1. The molecule has 1 rings (SSSR count). The van der Waals surface area contributed by atoms with Crippen molar-refractivity contribution in [2.24, 2.45) is 0 Å². The minimum atomic E-state index is -0.657. The molecular weight excluding hydrogens is 220 g/mol. The van der Waals surface area contributed by atoms with Gasteiger partial charge in [0.25, 0.3) is 0 Å². The van der Waals surface area contributed by atoms with Crippen LogP contribution in [0, 0.1) is 0 Å². The van der Waals surface area contributed by atoms with E-state index in [4.69, 9.17) is 0 Å². The van der Waals surface area contributed by atoms with Crippen LogP contribution in [0.4, 0.5) is 0 Å². The Hall–Kier alpha value is 0.0700. The smallest absolute Gasteiger partial charge is 0.0357 e. The van der Waals surface area contributed by atoms with Crippen molar-refractivity contribution in [2.45, 2.75) is 38.6 Å². The second-order valence-corrected chi connectivity index (χ2v) is 6.26. The second-order valence-electron chi connectivity index (χ2n) is 4.70. The Morgan fingerprint density at radius 2 is 2.19 bits per heavy atom. The van der Waals surface area contributed by atoms with Gasteiger partial charge in [-0.2, -0.15) is 0 Å². The Kier molecular flexibility index (Phi) is 7.25. The van der Waals surface area contributed by atoms with E-state index in [0.29, 0.717) is 6.04 Å². The first-order valence-corrected chi connectivity index (χ1v) is 8.21. The van der Waals surface area contributed by atoms with Crippen LogP contribution in [0.5, 0.6) is 0 Å². The SMILES string of the molecule is CCCN1CCCC(NCCS(C)=O)CC1. The van der Waals surface area contributed by atoms with Gasteiger partial charge in [-0.3, -0.25) is 4.21 Å². The molecule has 0 bridgehead atoms. The standard InChI is InChI=1S/C12H26N2OS/c1-3-8-14-9-4-5-12(6-10-14)13-7-11-16(2)15/h12-13H,3-11H2,1-2H3. The molecule has 1 aliphatic heterocycles. The third-order valence-electron chi connectivity index (χ3n) is 3.18. The summed E-state index contributed by atoms with van der Waals surface area (Å²) in [6.07, 6.45) is 6.85. The van der Waals surface area contributed by atoms with Crippen molar-refractivity contribution in [3.8, 4) is 0 Å². The first-order valence-electron chi connectivity index (χ1n) is 6.48. The molecule has 96 valence electrons. The second kappa shape index (κ2) is 8.20. The van der Waals surface area contributed by atoms with Crippen molar-refractivity contribution < 1.29 is 4.21 Å². The maximum Gasteiger partial charge on any atom is 0.0357 e. The van der Waals surface area contributed by atoms with Crippen LogP contribution in [0.3, 0.4) is 0 Å². The first-order chi connectivity index (χ1) is 7.72. The summed E-state index contributed by atoms with van der Waals surface area (Å²) in [6, 6.07) is 0.644. The first kappa shape index (κ1) is 14.1. The molecule has 2 unspecified atom stereocenters. The summed E-state index contributed by atoms with van der Waals surface area (Å²) in [5, 5.41) is 3.54. The van der Waals surface area contributed by atoms with Crippen LogP contribution >= 0.6 is 0 Å². The molecule has 0 spiro atoms. The lowest BCUT2D eigenvalue weighted by atomic mass is 10.1.